The quantitative estimate of drug-likeness (QED) is 0.462. The lowest BCUT2D eigenvalue weighted by molar-refractivity contribution is 0.0879. The molecule has 6 heteroatoms. The fraction of sp³-hybridized carbons (Fsp3) is 0.0385. The number of amides is 3. The monoisotopic (exact) mass is 422 g/mol. The molecule has 5 rings (SSSR count). The molecule has 4 aromatic carbocycles. The zero-order chi connectivity index (χ0) is 22.1. The highest BCUT2D eigenvalue weighted by atomic mass is 16.5. The van der Waals surface area contributed by atoms with Gasteiger partial charge in [-0.05, 0) is 52.7 Å². The summed E-state index contributed by atoms with van der Waals surface area (Å²) in [6, 6.07) is 25.9. The Balaban J connectivity index is 1.28. The molecule has 0 saturated heterocycles. The van der Waals surface area contributed by atoms with Crippen LogP contribution in [-0.2, 0) is 6.61 Å². The number of ether oxygens (including phenoxy) is 1. The number of imide groups is 1. The SMILES string of the molecule is O=C(Nc1cccc(OCc2ccc3ccccc3c2)c1)c1ccc2c(c1)C(=O)NC2=O. The average molecular weight is 422 g/mol. The van der Waals surface area contributed by atoms with Crippen molar-refractivity contribution < 1.29 is 19.1 Å². The summed E-state index contributed by atoms with van der Waals surface area (Å²) in [5.74, 6) is -0.710. The summed E-state index contributed by atoms with van der Waals surface area (Å²) in [5, 5.41) is 7.35. The second-order valence-electron chi connectivity index (χ2n) is 7.50. The lowest BCUT2D eigenvalue weighted by atomic mass is 10.1. The van der Waals surface area contributed by atoms with Gasteiger partial charge in [-0.15, -0.1) is 0 Å². The number of benzene rings is 4. The number of nitrogens with one attached hydrogen (secondary N) is 2. The first kappa shape index (κ1) is 19.5. The standard InChI is InChI=1S/C26H18N2O4/c29-24(19-10-11-22-23(13-19)26(31)28-25(22)30)27-20-6-3-7-21(14-20)32-15-16-8-9-17-4-1-2-5-18(17)12-16/h1-14H,15H2,(H,27,29)(H,28,30,31). The molecule has 0 bridgehead atoms. The van der Waals surface area contributed by atoms with Gasteiger partial charge in [0.2, 0.25) is 0 Å². The van der Waals surface area contributed by atoms with Crippen LogP contribution in [0.5, 0.6) is 5.75 Å². The van der Waals surface area contributed by atoms with Crippen molar-refractivity contribution in [2.75, 3.05) is 5.32 Å². The van der Waals surface area contributed by atoms with Gasteiger partial charge < -0.3 is 10.1 Å². The molecule has 0 aliphatic carbocycles. The van der Waals surface area contributed by atoms with Gasteiger partial charge in [0, 0.05) is 17.3 Å². The summed E-state index contributed by atoms with van der Waals surface area (Å²) in [4.78, 5) is 36.2. The van der Waals surface area contributed by atoms with Gasteiger partial charge in [0.1, 0.15) is 12.4 Å². The third-order valence-corrected chi connectivity index (χ3v) is 5.31. The number of hydrogen-bond acceptors (Lipinski definition) is 4. The highest BCUT2D eigenvalue weighted by molar-refractivity contribution is 6.22. The highest BCUT2D eigenvalue weighted by Gasteiger charge is 2.27. The molecule has 1 aliphatic heterocycles. The summed E-state index contributed by atoms with van der Waals surface area (Å²) < 4.78 is 5.91. The fourth-order valence-electron chi connectivity index (χ4n) is 3.67. The van der Waals surface area contributed by atoms with Crippen molar-refractivity contribution in [3.05, 3.63) is 107 Å². The van der Waals surface area contributed by atoms with Gasteiger partial charge in [-0.25, -0.2) is 0 Å². The van der Waals surface area contributed by atoms with E-state index in [0.717, 1.165) is 10.9 Å². The van der Waals surface area contributed by atoms with Gasteiger partial charge in [0.05, 0.1) is 11.1 Å². The van der Waals surface area contributed by atoms with Gasteiger partial charge in [-0.3, -0.25) is 19.7 Å². The average Bonchev–Trinajstić information content (AvgIpc) is 3.10. The van der Waals surface area contributed by atoms with E-state index in [9.17, 15) is 14.4 Å². The van der Waals surface area contributed by atoms with Crippen LogP contribution in [0.3, 0.4) is 0 Å². The van der Waals surface area contributed by atoms with Crippen molar-refractivity contribution in [3.63, 3.8) is 0 Å². The summed E-state index contributed by atoms with van der Waals surface area (Å²) in [6.07, 6.45) is 0. The van der Waals surface area contributed by atoms with Crippen molar-refractivity contribution >= 4 is 34.2 Å². The molecule has 0 unspecified atom stereocenters. The Morgan fingerprint density at radius 1 is 0.781 bits per heavy atom. The first-order valence-electron chi connectivity index (χ1n) is 10.1. The molecule has 0 aromatic heterocycles. The van der Waals surface area contributed by atoms with Crippen LogP contribution in [0.2, 0.25) is 0 Å². The number of rotatable bonds is 5. The van der Waals surface area contributed by atoms with E-state index in [1.54, 1.807) is 18.2 Å². The lowest BCUT2D eigenvalue weighted by Crippen LogP contribution is -2.19. The third-order valence-electron chi connectivity index (χ3n) is 5.31. The Morgan fingerprint density at radius 3 is 2.47 bits per heavy atom. The van der Waals surface area contributed by atoms with Gasteiger partial charge >= 0.3 is 0 Å². The lowest BCUT2D eigenvalue weighted by Gasteiger charge is -2.10. The molecule has 0 fully saturated rings. The summed E-state index contributed by atoms with van der Waals surface area (Å²) in [5.41, 5.74) is 2.37. The van der Waals surface area contributed by atoms with E-state index >= 15 is 0 Å². The molecule has 32 heavy (non-hydrogen) atoms. The van der Waals surface area contributed by atoms with Crippen LogP contribution < -0.4 is 15.4 Å². The van der Waals surface area contributed by atoms with Crippen molar-refractivity contribution in [2.45, 2.75) is 6.61 Å². The molecule has 1 aliphatic rings. The van der Waals surface area contributed by atoms with Crippen LogP contribution in [0, 0.1) is 0 Å². The van der Waals surface area contributed by atoms with Gasteiger partial charge in [-0.1, -0.05) is 42.5 Å². The topological polar surface area (TPSA) is 84.5 Å². The van der Waals surface area contributed by atoms with Crippen LogP contribution in [0.1, 0.15) is 36.6 Å². The summed E-state index contributed by atoms with van der Waals surface area (Å²) >= 11 is 0. The Labute approximate surface area is 183 Å². The molecule has 0 atom stereocenters. The van der Waals surface area contributed by atoms with Crippen molar-refractivity contribution in [1.29, 1.82) is 0 Å². The molecule has 4 aromatic rings. The second kappa shape index (κ2) is 8.00. The number of hydrogen-bond donors (Lipinski definition) is 2. The largest absolute Gasteiger partial charge is 0.489 e. The number of carbonyl (C=O) groups is 3. The summed E-state index contributed by atoms with van der Waals surface area (Å²) in [7, 11) is 0. The molecule has 0 radical (unpaired) electrons. The normalized spacial score (nSPS) is 12.4. The Hall–Kier alpha value is -4.45. The molecule has 0 spiro atoms. The van der Waals surface area contributed by atoms with Crippen LogP contribution >= 0.6 is 0 Å². The van der Waals surface area contributed by atoms with Crippen LogP contribution in [0.4, 0.5) is 5.69 Å². The van der Waals surface area contributed by atoms with Crippen LogP contribution in [0.25, 0.3) is 10.8 Å². The summed E-state index contributed by atoms with van der Waals surface area (Å²) in [6.45, 7) is 0.399. The predicted octanol–water partition coefficient (Wildman–Crippen LogP) is 4.55. The number of fused-ring (bicyclic) bond motifs is 2. The smallest absolute Gasteiger partial charge is 0.258 e. The van der Waals surface area contributed by atoms with Crippen molar-refractivity contribution in [3.8, 4) is 5.75 Å². The van der Waals surface area contributed by atoms with Gasteiger partial charge in [-0.2, -0.15) is 0 Å². The van der Waals surface area contributed by atoms with E-state index in [2.05, 4.69) is 34.9 Å². The molecule has 6 nitrogen and oxygen atoms in total. The maximum atomic E-state index is 12.6. The van der Waals surface area contributed by atoms with Crippen molar-refractivity contribution in [2.24, 2.45) is 0 Å². The van der Waals surface area contributed by atoms with Crippen LogP contribution in [0.15, 0.2) is 84.9 Å². The van der Waals surface area contributed by atoms with Gasteiger partial charge in [0.25, 0.3) is 17.7 Å². The molecule has 156 valence electrons. The zero-order valence-corrected chi connectivity index (χ0v) is 16.9. The van der Waals surface area contributed by atoms with E-state index in [1.807, 2.05) is 24.3 Å². The molecule has 1 heterocycles. The van der Waals surface area contributed by atoms with Crippen LogP contribution in [-0.4, -0.2) is 17.7 Å². The van der Waals surface area contributed by atoms with E-state index in [-0.39, 0.29) is 22.6 Å². The Morgan fingerprint density at radius 2 is 1.59 bits per heavy atom. The third kappa shape index (κ3) is 3.81. The molecule has 3 amide bonds. The molecular formula is C26H18N2O4. The first-order chi connectivity index (χ1) is 15.6. The maximum Gasteiger partial charge on any atom is 0.258 e. The molecular weight excluding hydrogens is 404 g/mol. The molecule has 2 N–H and O–H groups in total. The number of anilines is 1. The molecule has 0 saturated carbocycles. The zero-order valence-electron chi connectivity index (χ0n) is 16.9. The van der Waals surface area contributed by atoms with E-state index in [0.29, 0.717) is 18.0 Å². The minimum Gasteiger partial charge on any atom is -0.489 e. The fourth-order valence-corrected chi connectivity index (χ4v) is 3.67. The Kier molecular flexibility index (Phi) is 4.88. The first-order valence-corrected chi connectivity index (χ1v) is 10.1. The van der Waals surface area contributed by atoms with E-state index < -0.39 is 11.8 Å². The maximum absolute atomic E-state index is 12.6. The highest BCUT2D eigenvalue weighted by Crippen LogP contribution is 2.22. The number of carbonyl (C=O) groups excluding carboxylic acids is 3. The van der Waals surface area contributed by atoms with Crippen molar-refractivity contribution in [1.82, 2.24) is 5.32 Å². The minimum absolute atomic E-state index is 0.204. The van der Waals surface area contributed by atoms with E-state index in [1.165, 1.54) is 23.6 Å². The van der Waals surface area contributed by atoms with Gasteiger partial charge in [0.15, 0.2) is 0 Å². The second-order valence-corrected chi connectivity index (χ2v) is 7.50. The Bertz CT molecular complexity index is 1390. The predicted molar refractivity (Wildman–Crippen MR) is 121 cm³/mol. The van der Waals surface area contributed by atoms with E-state index in [4.69, 9.17) is 4.74 Å². The minimum atomic E-state index is -0.497.